The van der Waals surface area contributed by atoms with Crippen molar-refractivity contribution in [3.05, 3.63) is 40.7 Å². The van der Waals surface area contributed by atoms with Crippen LogP contribution in [0.5, 0.6) is 0 Å². The molecule has 0 aromatic carbocycles. The number of likely N-dealkylation sites (tertiary alicyclic amines) is 1. The highest BCUT2D eigenvalue weighted by Crippen LogP contribution is 2.24. The Morgan fingerprint density at radius 2 is 2.48 bits per heavy atom. The molecule has 2 aromatic rings. The Morgan fingerprint density at radius 3 is 3.13 bits per heavy atom. The second-order valence-electron chi connectivity index (χ2n) is 5.73. The van der Waals surface area contributed by atoms with Gasteiger partial charge in [-0.3, -0.25) is 9.69 Å². The molecule has 0 bridgehead atoms. The van der Waals surface area contributed by atoms with E-state index in [1.54, 1.807) is 11.3 Å². The normalized spacial score (nSPS) is 25.4. The maximum absolute atomic E-state index is 11.8. The number of nitrogens with zero attached hydrogens (tertiary/aromatic N) is 2. The molecule has 0 unspecified atom stereocenters. The topological polar surface area (TPSA) is 98.8 Å². The van der Waals surface area contributed by atoms with Crippen LogP contribution in [0.15, 0.2) is 34.5 Å². The summed E-state index contributed by atoms with van der Waals surface area (Å²) in [4.78, 5) is 18.8. The van der Waals surface area contributed by atoms with E-state index in [2.05, 4.69) is 21.3 Å². The molecule has 3 N–H and O–H groups in total. The van der Waals surface area contributed by atoms with Crippen molar-refractivity contribution in [1.29, 1.82) is 0 Å². The molecule has 1 aliphatic rings. The lowest BCUT2D eigenvalue weighted by molar-refractivity contribution is -0.116. The molecule has 0 spiro atoms. The van der Waals surface area contributed by atoms with Crippen LogP contribution in [0.25, 0.3) is 0 Å². The fourth-order valence-electron chi connectivity index (χ4n) is 2.65. The van der Waals surface area contributed by atoms with E-state index in [4.69, 9.17) is 4.42 Å². The van der Waals surface area contributed by atoms with Gasteiger partial charge in [0.2, 0.25) is 5.76 Å². The average Bonchev–Trinajstić information content (AvgIpc) is 3.22. The second-order valence-corrected chi connectivity index (χ2v) is 6.76. The monoisotopic (exact) mass is 337 g/mol. The fourth-order valence-corrected chi connectivity index (χ4v) is 3.39. The van der Waals surface area contributed by atoms with Gasteiger partial charge < -0.3 is 19.9 Å². The SMILES string of the molecule is O=C(NC[C@]1(O)CCN(Cc2cccs2)C[C@H]1O)c1cnco1. The van der Waals surface area contributed by atoms with Crippen LogP contribution in [0, 0.1) is 0 Å². The number of aliphatic hydroxyl groups is 2. The first-order valence-electron chi connectivity index (χ1n) is 7.39. The van der Waals surface area contributed by atoms with Crippen LogP contribution in [-0.4, -0.2) is 57.3 Å². The Bertz CT molecular complexity index is 631. The summed E-state index contributed by atoms with van der Waals surface area (Å²) in [6.45, 7) is 1.76. The van der Waals surface area contributed by atoms with Crippen molar-refractivity contribution in [3.8, 4) is 0 Å². The third-order valence-corrected chi connectivity index (χ3v) is 4.94. The Labute approximate surface area is 137 Å². The average molecular weight is 337 g/mol. The summed E-state index contributed by atoms with van der Waals surface area (Å²) >= 11 is 1.67. The van der Waals surface area contributed by atoms with Gasteiger partial charge in [0.25, 0.3) is 5.91 Å². The molecule has 8 heteroatoms. The summed E-state index contributed by atoms with van der Waals surface area (Å²) in [5.74, 6) is -0.373. The van der Waals surface area contributed by atoms with E-state index in [0.29, 0.717) is 19.5 Å². The first-order chi connectivity index (χ1) is 11.1. The first kappa shape index (κ1) is 16.1. The summed E-state index contributed by atoms with van der Waals surface area (Å²) in [5.41, 5.74) is -1.33. The number of β-amino-alcohol motifs (C(OH)–C–C–N with tert-alkyl or cyclic N) is 1. The molecule has 2 atom stereocenters. The zero-order valence-electron chi connectivity index (χ0n) is 12.5. The van der Waals surface area contributed by atoms with Crippen LogP contribution in [0.3, 0.4) is 0 Å². The predicted molar refractivity (Wildman–Crippen MR) is 84.0 cm³/mol. The second kappa shape index (κ2) is 6.79. The Kier molecular flexibility index (Phi) is 4.76. The molecule has 1 amide bonds. The maximum Gasteiger partial charge on any atom is 0.288 e. The Balaban J connectivity index is 1.53. The lowest BCUT2D eigenvalue weighted by atomic mass is 9.88. The van der Waals surface area contributed by atoms with Gasteiger partial charge in [-0.2, -0.15) is 0 Å². The number of aromatic nitrogens is 1. The van der Waals surface area contributed by atoms with Crippen molar-refractivity contribution < 1.29 is 19.4 Å². The lowest BCUT2D eigenvalue weighted by Crippen LogP contribution is -2.60. The highest BCUT2D eigenvalue weighted by atomic mass is 32.1. The van der Waals surface area contributed by atoms with Gasteiger partial charge in [-0.15, -0.1) is 11.3 Å². The van der Waals surface area contributed by atoms with Crippen LogP contribution < -0.4 is 5.32 Å². The molecule has 3 rings (SSSR count). The maximum atomic E-state index is 11.8. The molecule has 0 radical (unpaired) electrons. The van der Waals surface area contributed by atoms with Crippen molar-refractivity contribution in [2.75, 3.05) is 19.6 Å². The van der Waals surface area contributed by atoms with E-state index >= 15 is 0 Å². The summed E-state index contributed by atoms with van der Waals surface area (Å²) in [5, 5.41) is 25.5. The Hall–Kier alpha value is -1.74. The van der Waals surface area contributed by atoms with Gasteiger partial charge in [-0.05, 0) is 17.9 Å². The summed E-state index contributed by atoms with van der Waals surface area (Å²) < 4.78 is 4.90. The van der Waals surface area contributed by atoms with Gasteiger partial charge in [-0.1, -0.05) is 6.07 Å². The number of hydrogen-bond acceptors (Lipinski definition) is 7. The number of oxazole rings is 1. The molecule has 7 nitrogen and oxygen atoms in total. The first-order valence-corrected chi connectivity index (χ1v) is 8.27. The van der Waals surface area contributed by atoms with E-state index in [0.717, 1.165) is 6.54 Å². The highest BCUT2D eigenvalue weighted by molar-refractivity contribution is 7.09. The predicted octanol–water partition coefficient (Wildman–Crippen LogP) is 0.464. The third-order valence-electron chi connectivity index (χ3n) is 4.08. The minimum Gasteiger partial charge on any atom is -0.438 e. The fraction of sp³-hybridized carbons (Fsp3) is 0.467. The smallest absolute Gasteiger partial charge is 0.288 e. The minimum atomic E-state index is -1.33. The van der Waals surface area contributed by atoms with Crippen LogP contribution in [-0.2, 0) is 6.54 Å². The number of nitrogens with one attached hydrogen (secondary N) is 1. The number of carbonyl (C=O) groups excluding carboxylic acids is 1. The van der Waals surface area contributed by atoms with Crippen LogP contribution in [0.4, 0.5) is 0 Å². The Morgan fingerprint density at radius 1 is 1.61 bits per heavy atom. The lowest BCUT2D eigenvalue weighted by Gasteiger charge is -2.42. The number of rotatable bonds is 5. The van der Waals surface area contributed by atoms with E-state index in [1.165, 1.54) is 17.5 Å². The van der Waals surface area contributed by atoms with Crippen LogP contribution in [0.2, 0.25) is 0 Å². The van der Waals surface area contributed by atoms with Gasteiger partial charge in [0.1, 0.15) is 5.60 Å². The van der Waals surface area contributed by atoms with Crippen molar-refractivity contribution in [2.45, 2.75) is 24.7 Å². The molecule has 124 valence electrons. The van der Waals surface area contributed by atoms with Crippen molar-refractivity contribution in [1.82, 2.24) is 15.2 Å². The van der Waals surface area contributed by atoms with E-state index in [-0.39, 0.29) is 12.3 Å². The number of aliphatic hydroxyl groups excluding tert-OH is 1. The van der Waals surface area contributed by atoms with Gasteiger partial charge in [0.05, 0.1) is 12.3 Å². The number of piperidine rings is 1. The molecule has 0 aliphatic carbocycles. The summed E-state index contributed by atoms with van der Waals surface area (Å²) in [6, 6.07) is 4.05. The van der Waals surface area contributed by atoms with Gasteiger partial charge in [-0.25, -0.2) is 4.98 Å². The molecule has 23 heavy (non-hydrogen) atoms. The molecule has 3 heterocycles. The van der Waals surface area contributed by atoms with E-state index < -0.39 is 17.6 Å². The van der Waals surface area contributed by atoms with E-state index in [9.17, 15) is 15.0 Å². The number of carbonyl (C=O) groups is 1. The number of hydrogen-bond donors (Lipinski definition) is 3. The summed E-state index contributed by atoms with van der Waals surface area (Å²) in [7, 11) is 0. The molecule has 0 saturated carbocycles. The molecular formula is C15H19N3O4S. The van der Waals surface area contributed by atoms with Crippen molar-refractivity contribution in [3.63, 3.8) is 0 Å². The van der Waals surface area contributed by atoms with Gasteiger partial charge >= 0.3 is 0 Å². The zero-order chi connectivity index (χ0) is 16.3. The largest absolute Gasteiger partial charge is 0.438 e. The molecule has 2 aromatic heterocycles. The van der Waals surface area contributed by atoms with Gasteiger partial charge in [0.15, 0.2) is 6.39 Å². The minimum absolute atomic E-state index is 0.0272. The van der Waals surface area contributed by atoms with Crippen LogP contribution >= 0.6 is 11.3 Å². The third kappa shape index (κ3) is 3.78. The van der Waals surface area contributed by atoms with Crippen molar-refractivity contribution in [2.24, 2.45) is 0 Å². The highest BCUT2D eigenvalue weighted by Gasteiger charge is 2.41. The van der Waals surface area contributed by atoms with Gasteiger partial charge in [0, 0.05) is 31.1 Å². The molecule has 1 aliphatic heterocycles. The number of thiophene rings is 1. The molecule has 1 fully saturated rings. The van der Waals surface area contributed by atoms with Crippen LogP contribution in [0.1, 0.15) is 21.9 Å². The summed E-state index contributed by atoms with van der Waals surface area (Å²) in [6.07, 6.45) is 1.93. The van der Waals surface area contributed by atoms with E-state index in [1.807, 2.05) is 11.4 Å². The van der Waals surface area contributed by atoms with Crippen molar-refractivity contribution >= 4 is 17.2 Å². The standard InChI is InChI=1S/C15H19N3O4S/c19-13-8-18(7-11-2-1-5-23-11)4-3-15(13,21)9-17-14(20)12-6-16-10-22-12/h1-2,5-6,10,13,19,21H,3-4,7-9H2,(H,17,20)/t13-,15-/m1/s1. The molecule has 1 saturated heterocycles. The molecular weight excluding hydrogens is 318 g/mol. The quantitative estimate of drug-likeness (QED) is 0.733. The zero-order valence-corrected chi connectivity index (χ0v) is 13.3. The number of amides is 1.